The third kappa shape index (κ3) is 20.8. The van der Waals surface area contributed by atoms with Crippen molar-refractivity contribution in [2.75, 3.05) is 109 Å². The van der Waals surface area contributed by atoms with Gasteiger partial charge in [-0.15, -0.1) is 10.8 Å². The second-order valence-electron chi connectivity index (χ2n) is 35.9. The van der Waals surface area contributed by atoms with Crippen LogP contribution in [0.15, 0.2) is 245 Å². The molecule has 4 saturated carbocycles. The minimum atomic E-state index is -3.70. The molecule has 8 heterocycles. The summed E-state index contributed by atoms with van der Waals surface area (Å²) in [5, 5.41) is 30.2. The summed E-state index contributed by atoms with van der Waals surface area (Å²) in [6.45, 7) is 9.66. The molecule has 32 nitrogen and oxygen atoms in total. The van der Waals surface area contributed by atoms with Crippen LogP contribution in [0.2, 0.25) is 0 Å². The fourth-order valence-electron chi connectivity index (χ4n) is 17.6. The van der Waals surface area contributed by atoms with Crippen LogP contribution in [0.4, 0.5) is 23.3 Å². The number of sulfonamides is 2. The Bertz CT molecular complexity index is 6890. The van der Waals surface area contributed by atoms with Gasteiger partial charge >= 0.3 is 0 Å². The number of benzene rings is 8. The Kier molecular flexibility index (Phi) is 28.9. The summed E-state index contributed by atoms with van der Waals surface area (Å²) in [6, 6.07) is 64.8. The maximum absolute atomic E-state index is 13.3. The number of nitrogens with one attached hydrogen (secondary N) is 5. The molecule has 35 heteroatoms. The van der Waals surface area contributed by atoms with Crippen LogP contribution < -0.4 is 63.9 Å². The summed E-state index contributed by atoms with van der Waals surface area (Å²) in [5.74, 6) is 7.31. The Morgan fingerprint density at radius 1 is 0.479 bits per heavy atom. The van der Waals surface area contributed by atoms with E-state index in [1.54, 1.807) is 126 Å². The minimum Gasteiger partial charge on any atom is -0.493 e. The van der Waals surface area contributed by atoms with Gasteiger partial charge in [-0.3, -0.25) is 28.3 Å². The third-order valence-corrected chi connectivity index (χ3v) is 32.1. The molecule has 1 atom stereocenters. The number of hydrogen-bond acceptors (Lipinski definition) is 26. The summed E-state index contributed by atoms with van der Waals surface area (Å²) in [4.78, 5) is 71.9. The Hall–Kier alpha value is -13.4. The number of nitrogens with zero attached hydrogens (tertiary/aromatic N) is 6. The topological polar surface area (TPSA) is 419 Å². The first-order valence-electron chi connectivity index (χ1n) is 46.2. The lowest BCUT2D eigenvalue weighted by Gasteiger charge is -2.38. The van der Waals surface area contributed by atoms with Crippen LogP contribution in [0, 0.1) is 13.8 Å². The predicted molar refractivity (Wildman–Crippen MR) is 538 cm³/mol. The van der Waals surface area contributed by atoms with Crippen molar-refractivity contribution in [2.45, 2.75) is 140 Å². The Labute approximate surface area is 820 Å². The first-order valence-corrected chi connectivity index (χ1v) is 50.6. The summed E-state index contributed by atoms with van der Waals surface area (Å²) in [6.07, 6.45) is 11.0. The molecule has 0 spiro atoms. The molecular weight excluding hydrogens is 1850 g/mol. The molecule has 140 heavy (non-hydrogen) atoms. The largest absolute Gasteiger partial charge is 0.493 e. The lowest BCUT2D eigenvalue weighted by Crippen LogP contribution is -2.37. The van der Waals surface area contributed by atoms with Gasteiger partial charge in [-0.1, -0.05) is 111 Å². The van der Waals surface area contributed by atoms with Crippen molar-refractivity contribution in [2.24, 2.45) is 0 Å². The fraction of sp³-hybridized carbons (Fsp3) is 0.314. The first kappa shape index (κ1) is 98.2. The monoisotopic (exact) mass is 1970 g/mol. The second kappa shape index (κ2) is 41.2. The van der Waals surface area contributed by atoms with Crippen molar-refractivity contribution in [3.8, 4) is 90.8 Å². The molecule has 4 aliphatic carbocycles. The smallest absolute Gasteiger partial charge is 0.243 e. The molecule has 0 radical (unpaired) electrons. The van der Waals surface area contributed by atoms with Gasteiger partial charge in [-0.2, -0.15) is 4.31 Å². The molecular formula is C105H119N11O21S3. The number of carbonyl (C=O) groups is 4. The van der Waals surface area contributed by atoms with Gasteiger partial charge in [0, 0.05) is 73.6 Å². The number of hydrogen-bond donors (Lipinski definition) is 9. The summed E-state index contributed by atoms with van der Waals surface area (Å²) in [5.41, 5.74) is 11.4. The van der Waals surface area contributed by atoms with Crippen molar-refractivity contribution in [3.63, 3.8) is 0 Å². The van der Waals surface area contributed by atoms with Gasteiger partial charge in [0.1, 0.15) is 23.3 Å². The van der Waals surface area contributed by atoms with Crippen LogP contribution in [0.25, 0.3) is 44.8 Å². The van der Waals surface area contributed by atoms with E-state index in [1.807, 2.05) is 104 Å². The van der Waals surface area contributed by atoms with Crippen LogP contribution in [0.3, 0.4) is 0 Å². The Balaban J connectivity index is 0.000000160. The zero-order chi connectivity index (χ0) is 98.5. The summed E-state index contributed by atoms with van der Waals surface area (Å²) < 4.78 is 125. The molecule has 4 amide bonds. The summed E-state index contributed by atoms with van der Waals surface area (Å²) in [7, 11) is -3.98. The quantitative estimate of drug-likeness (QED) is 0.0182. The maximum atomic E-state index is 13.3. The van der Waals surface area contributed by atoms with Crippen molar-refractivity contribution in [1.29, 1.82) is 0 Å². The van der Waals surface area contributed by atoms with Crippen LogP contribution in [-0.2, 0) is 65.6 Å². The SMILES string of the molecule is CN(C)S(O)(O)c1ccc(-c2ccc(NC(=O)C3(c4ccc5c(c4)OCO5)CC3)nc2)cc1.COc1ccc(C2(C(=O)Nc3cccc(-c4ccc(S(=O)(=O)N5CCC[C@@H]5CO)cc4)n3)CC2)cc1OC.Cc1c(-c2ccccc2C(C)C)cnc(NC(=O)C2(c3ccc4c(c3)OCO4)CC2)c1C.O=C(Nc1cccc(-c2ccc(S(=O)(=O)NCCOCCO)cc2)n1)C1(c2ccc3c(c2)OCO3)CC1.[HH].[HH].[HH].[HH]. The van der Waals surface area contributed by atoms with E-state index in [4.69, 9.17) is 47.7 Å². The van der Waals surface area contributed by atoms with E-state index in [9.17, 15) is 50.2 Å². The molecule has 5 fully saturated rings. The van der Waals surface area contributed by atoms with E-state index in [0.717, 1.165) is 119 Å². The highest BCUT2D eigenvalue weighted by molar-refractivity contribution is 8.22. The van der Waals surface area contributed by atoms with Gasteiger partial charge in [-0.25, -0.2) is 45.8 Å². The number of amides is 4. The van der Waals surface area contributed by atoms with E-state index in [-0.39, 0.29) is 98.5 Å². The predicted octanol–water partition coefficient (Wildman–Crippen LogP) is 17.6. The molecule has 4 aromatic heterocycles. The van der Waals surface area contributed by atoms with E-state index in [0.29, 0.717) is 104 Å². The lowest BCUT2D eigenvalue weighted by molar-refractivity contribution is -0.119. The summed E-state index contributed by atoms with van der Waals surface area (Å²) >= 11 is 0. The number of rotatable bonds is 31. The molecule has 8 aromatic carbocycles. The number of anilines is 4. The number of ether oxygens (including phenoxy) is 9. The molecule has 4 aliphatic heterocycles. The van der Waals surface area contributed by atoms with Crippen molar-refractivity contribution in [3.05, 3.63) is 270 Å². The highest BCUT2D eigenvalue weighted by atomic mass is 32.3. The van der Waals surface area contributed by atoms with Gasteiger partial charge in [0.05, 0.1) is 88.4 Å². The van der Waals surface area contributed by atoms with Crippen LogP contribution in [-0.4, -0.2) is 183 Å². The minimum absolute atomic E-state index is 0. The average molecular weight is 1970 g/mol. The van der Waals surface area contributed by atoms with Crippen LogP contribution in [0.1, 0.15) is 129 Å². The van der Waals surface area contributed by atoms with Gasteiger partial charge in [-0.05, 0) is 255 Å². The average Bonchev–Trinajstić information content (AvgIpc) is 1.61. The third-order valence-electron chi connectivity index (χ3n) is 26.7. The van der Waals surface area contributed by atoms with E-state index in [1.165, 1.54) is 31.9 Å². The van der Waals surface area contributed by atoms with Crippen LogP contribution >= 0.6 is 10.8 Å². The molecule has 0 unspecified atom stereocenters. The normalized spacial score (nSPS) is 16.6. The van der Waals surface area contributed by atoms with Crippen molar-refractivity contribution >= 4 is 77.7 Å². The van der Waals surface area contributed by atoms with Gasteiger partial charge in [0.2, 0.25) is 64.1 Å². The number of aliphatic hydroxyl groups excluding tert-OH is 2. The molecule has 0 bridgehead atoms. The van der Waals surface area contributed by atoms with E-state index < -0.39 is 52.5 Å². The zero-order valence-electron chi connectivity index (χ0n) is 78.7. The Morgan fingerprint density at radius 2 is 0.936 bits per heavy atom. The van der Waals surface area contributed by atoms with Gasteiger partial charge < -0.3 is 74.1 Å². The van der Waals surface area contributed by atoms with Crippen molar-refractivity contribution in [1.82, 2.24) is 33.3 Å². The Morgan fingerprint density at radius 3 is 1.41 bits per heavy atom. The van der Waals surface area contributed by atoms with Crippen LogP contribution in [0.5, 0.6) is 46.0 Å². The second-order valence-corrected chi connectivity index (χ2v) is 41.8. The molecule has 1 saturated heterocycles. The van der Waals surface area contributed by atoms with E-state index >= 15 is 0 Å². The molecule has 12 aromatic rings. The van der Waals surface area contributed by atoms with Gasteiger partial charge in [0.15, 0.2) is 46.0 Å². The highest BCUT2D eigenvalue weighted by Crippen LogP contribution is 2.56. The number of aromatic nitrogens is 4. The van der Waals surface area contributed by atoms with Crippen molar-refractivity contribution < 1.29 is 104 Å². The molecule has 9 N–H and O–H groups in total. The molecule has 738 valence electrons. The number of methoxy groups -OCH3 is 2. The number of fused-ring (bicyclic) bond motifs is 3. The fourth-order valence-corrected chi connectivity index (χ4v) is 21.3. The van der Waals surface area contributed by atoms with Gasteiger partial charge in [0.25, 0.3) is 0 Å². The number of aliphatic hydroxyl groups is 2. The number of carbonyl (C=O) groups excluding carboxylic acids is 4. The standard InChI is InChI=1S/C28H31N3O6S.C27H28N2O3.C26H27N3O7S.C24H25N3O5S.4H2/c1-36-24-13-10-20(17-25(24)37-2)28(14-15-28)27(33)30-26-7-3-6-23(29-26)19-8-11-22(12-9-19)38(34,35)31-16-4-5-21(31)18-32;1-16(2)20-7-5-6-8-21(20)22-14-28-25(18(4)17(22)3)29-26(30)27(11-12-27)19-9-10-23-24(13-19)32-15-31-23;30-13-15-34-14-12-27-37(32,33)20-7-4-18(5-8-20)21-2-1-3-24(28-21)29-25(31)26(10-11-26)19-6-9-22-23(16-19)36-17-35-22;1-27(2)33(29,30)19-7-3-16(4-8-19)17-5-10-22(25-14-17)26-23(28)24(11-12-24)18-6-9-20-21(13-18)32-15-31-20;;;;/h3,6-13,17,21,32H,4-5,14-16,18H2,1-2H3,(H,29,30,33);5-10,13-14,16H,11-12,15H2,1-4H3,(H,28,29,30);1-9,16,27,30H,10-15,17H2,(H,28,29,31);3-10,13-14,29-30H,11-12,15H2,1-2H3,(H,25,26,28);4*1H/t21-;;;;;;;/m1......./s1. The zero-order valence-corrected chi connectivity index (χ0v) is 81.1. The first-order chi connectivity index (χ1) is 67.4. The molecule has 8 aliphatic rings. The molecule has 20 rings (SSSR count). The van der Waals surface area contributed by atoms with E-state index in [2.05, 4.69) is 91.0 Å². The lowest BCUT2D eigenvalue weighted by atomic mass is 9.90. The number of pyridine rings is 4. The maximum Gasteiger partial charge on any atom is 0.243 e. The highest BCUT2D eigenvalue weighted by Gasteiger charge is 2.55.